The smallest absolute Gasteiger partial charge is 0.262 e. The summed E-state index contributed by atoms with van der Waals surface area (Å²) in [6.07, 6.45) is 3.83. The van der Waals surface area contributed by atoms with E-state index in [9.17, 15) is 9.18 Å². The largest absolute Gasteiger partial charge is 0.484 e. The van der Waals surface area contributed by atoms with Crippen LogP contribution < -0.4 is 10.1 Å². The van der Waals surface area contributed by atoms with Crippen LogP contribution >= 0.6 is 0 Å². The molecule has 2 aromatic heterocycles. The highest BCUT2D eigenvalue weighted by molar-refractivity contribution is 5.96. The van der Waals surface area contributed by atoms with Crippen LogP contribution in [0.3, 0.4) is 0 Å². The third-order valence-corrected chi connectivity index (χ3v) is 4.02. The number of para-hydroxylation sites is 1. The number of fused-ring (bicyclic) bond motifs is 1. The summed E-state index contributed by atoms with van der Waals surface area (Å²) in [6.45, 7) is -0.175. The first kappa shape index (κ1) is 16.8. The lowest BCUT2D eigenvalue weighted by atomic mass is 10.1. The highest BCUT2D eigenvalue weighted by atomic mass is 19.1. The van der Waals surface area contributed by atoms with Gasteiger partial charge < -0.3 is 14.5 Å². The number of amides is 1. The maximum Gasteiger partial charge on any atom is 0.262 e. The van der Waals surface area contributed by atoms with Crippen LogP contribution in [0.15, 0.2) is 79.1 Å². The van der Waals surface area contributed by atoms with Crippen molar-refractivity contribution in [3.8, 4) is 17.0 Å². The Labute approximate surface area is 155 Å². The Kier molecular flexibility index (Phi) is 4.53. The van der Waals surface area contributed by atoms with E-state index in [1.807, 2.05) is 59.3 Å². The van der Waals surface area contributed by atoms with Gasteiger partial charge in [0, 0.05) is 18.0 Å². The van der Waals surface area contributed by atoms with Crippen molar-refractivity contribution < 1.29 is 13.9 Å². The lowest BCUT2D eigenvalue weighted by Gasteiger charge is -2.10. The minimum atomic E-state index is -0.354. The van der Waals surface area contributed by atoms with Crippen molar-refractivity contribution in [3.05, 3.63) is 84.9 Å². The van der Waals surface area contributed by atoms with Crippen LogP contribution in [0.2, 0.25) is 0 Å². The monoisotopic (exact) mass is 361 g/mol. The van der Waals surface area contributed by atoms with E-state index in [0.717, 1.165) is 16.9 Å². The Hall–Kier alpha value is -3.67. The van der Waals surface area contributed by atoms with Gasteiger partial charge in [-0.1, -0.05) is 24.3 Å². The van der Waals surface area contributed by atoms with Crippen LogP contribution in [0.25, 0.3) is 16.9 Å². The Bertz CT molecular complexity index is 1060. The summed E-state index contributed by atoms with van der Waals surface area (Å²) in [5.74, 6) is -0.232. The normalized spacial score (nSPS) is 10.7. The molecule has 0 radical (unpaired) electrons. The molecule has 2 aromatic carbocycles. The number of ether oxygens (including phenoxy) is 1. The number of hydrogen-bond acceptors (Lipinski definition) is 3. The summed E-state index contributed by atoms with van der Waals surface area (Å²) in [4.78, 5) is 16.9. The standard InChI is InChI=1S/C21H16FN3O2/c22-15-8-10-16(11-9-15)27-14-21(26)24-18-6-2-1-5-17(18)19-13-25-12-4-3-7-20(25)23-19/h1-13H,14H2,(H,24,26). The molecule has 0 aliphatic carbocycles. The van der Waals surface area contributed by atoms with E-state index < -0.39 is 0 Å². The molecule has 0 aliphatic heterocycles. The summed E-state index contributed by atoms with van der Waals surface area (Å²) in [6, 6.07) is 18.7. The van der Waals surface area contributed by atoms with E-state index in [1.165, 1.54) is 24.3 Å². The molecule has 134 valence electrons. The summed E-state index contributed by atoms with van der Waals surface area (Å²) >= 11 is 0. The van der Waals surface area contributed by atoms with E-state index in [1.54, 1.807) is 0 Å². The molecule has 4 aromatic rings. The van der Waals surface area contributed by atoms with Gasteiger partial charge >= 0.3 is 0 Å². The molecular formula is C21H16FN3O2. The minimum absolute atomic E-state index is 0.175. The lowest BCUT2D eigenvalue weighted by Crippen LogP contribution is -2.20. The van der Waals surface area contributed by atoms with Crippen LogP contribution in [0.1, 0.15) is 0 Å². The fourth-order valence-corrected chi connectivity index (χ4v) is 2.75. The molecule has 0 saturated carbocycles. The molecule has 1 N–H and O–H groups in total. The van der Waals surface area contributed by atoms with Crippen LogP contribution in [0.5, 0.6) is 5.75 Å². The van der Waals surface area contributed by atoms with Gasteiger partial charge in [0.1, 0.15) is 17.2 Å². The van der Waals surface area contributed by atoms with Crippen molar-refractivity contribution in [2.75, 3.05) is 11.9 Å². The number of carbonyl (C=O) groups excluding carboxylic acids is 1. The summed E-state index contributed by atoms with van der Waals surface area (Å²) < 4.78 is 20.2. The van der Waals surface area contributed by atoms with Crippen LogP contribution in [-0.2, 0) is 4.79 Å². The molecule has 0 aliphatic rings. The third kappa shape index (κ3) is 3.79. The van der Waals surface area contributed by atoms with Gasteiger partial charge in [0.05, 0.1) is 11.4 Å². The van der Waals surface area contributed by atoms with Gasteiger partial charge in [-0.15, -0.1) is 0 Å². The molecule has 27 heavy (non-hydrogen) atoms. The van der Waals surface area contributed by atoms with Gasteiger partial charge in [-0.05, 0) is 42.5 Å². The first-order valence-electron chi connectivity index (χ1n) is 8.40. The predicted molar refractivity (Wildman–Crippen MR) is 101 cm³/mol. The number of aromatic nitrogens is 2. The van der Waals surface area contributed by atoms with Gasteiger partial charge in [0.15, 0.2) is 6.61 Å². The van der Waals surface area contributed by atoms with Crippen LogP contribution in [0.4, 0.5) is 10.1 Å². The molecule has 4 rings (SSSR count). The van der Waals surface area contributed by atoms with Crippen molar-refractivity contribution in [2.24, 2.45) is 0 Å². The molecule has 2 heterocycles. The molecule has 5 nitrogen and oxygen atoms in total. The number of benzene rings is 2. The molecule has 1 amide bonds. The number of hydrogen-bond donors (Lipinski definition) is 1. The van der Waals surface area contributed by atoms with E-state index in [2.05, 4.69) is 10.3 Å². The maximum atomic E-state index is 12.9. The zero-order valence-corrected chi connectivity index (χ0v) is 14.3. The topological polar surface area (TPSA) is 55.6 Å². The molecule has 0 unspecified atom stereocenters. The number of carbonyl (C=O) groups is 1. The average molecular weight is 361 g/mol. The Morgan fingerprint density at radius 1 is 1.04 bits per heavy atom. The zero-order valence-electron chi connectivity index (χ0n) is 14.3. The second-order valence-electron chi connectivity index (χ2n) is 5.93. The highest BCUT2D eigenvalue weighted by Crippen LogP contribution is 2.27. The number of nitrogens with one attached hydrogen (secondary N) is 1. The van der Waals surface area contributed by atoms with Gasteiger partial charge in [-0.3, -0.25) is 4.79 Å². The van der Waals surface area contributed by atoms with Crippen LogP contribution in [0, 0.1) is 5.82 Å². The fraction of sp³-hybridized carbons (Fsp3) is 0.0476. The fourth-order valence-electron chi connectivity index (χ4n) is 2.75. The van der Waals surface area contributed by atoms with Gasteiger partial charge in [0.2, 0.25) is 0 Å². The first-order valence-corrected chi connectivity index (χ1v) is 8.40. The molecule has 6 heteroatoms. The maximum absolute atomic E-state index is 12.9. The lowest BCUT2D eigenvalue weighted by molar-refractivity contribution is -0.118. The van der Waals surface area contributed by atoms with Crippen molar-refractivity contribution >= 4 is 17.2 Å². The SMILES string of the molecule is O=C(COc1ccc(F)cc1)Nc1ccccc1-c1cn2ccccc2n1. The van der Waals surface area contributed by atoms with E-state index in [-0.39, 0.29) is 18.3 Å². The van der Waals surface area contributed by atoms with Gasteiger partial charge in [-0.25, -0.2) is 9.37 Å². The second kappa shape index (κ2) is 7.29. The first-order chi connectivity index (χ1) is 13.2. The Balaban J connectivity index is 1.50. The number of rotatable bonds is 5. The summed E-state index contributed by atoms with van der Waals surface area (Å²) in [5.41, 5.74) is 3.05. The van der Waals surface area contributed by atoms with Gasteiger partial charge in [0.25, 0.3) is 5.91 Å². The van der Waals surface area contributed by atoms with E-state index >= 15 is 0 Å². The minimum Gasteiger partial charge on any atom is -0.484 e. The third-order valence-electron chi connectivity index (χ3n) is 4.02. The quantitative estimate of drug-likeness (QED) is 0.581. The summed E-state index contributed by atoms with van der Waals surface area (Å²) in [7, 11) is 0. The molecule has 0 saturated heterocycles. The predicted octanol–water partition coefficient (Wildman–Crippen LogP) is 4.16. The van der Waals surface area contributed by atoms with Crippen molar-refractivity contribution in [2.45, 2.75) is 0 Å². The van der Waals surface area contributed by atoms with Crippen molar-refractivity contribution in [1.82, 2.24) is 9.38 Å². The number of nitrogens with zero attached hydrogens (tertiary/aromatic N) is 2. The number of anilines is 1. The van der Waals surface area contributed by atoms with E-state index in [0.29, 0.717) is 11.4 Å². The number of halogens is 1. The number of imidazole rings is 1. The van der Waals surface area contributed by atoms with E-state index in [4.69, 9.17) is 4.74 Å². The van der Waals surface area contributed by atoms with Crippen molar-refractivity contribution in [3.63, 3.8) is 0 Å². The molecule has 0 fully saturated rings. The average Bonchev–Trinajstić information content (AvgIpc) is 3.12. The Morgan fingerprint density at radius 3 is 2.63 bits per heavy atom. The molecule has 0 bridgehead atoms. The highest BCUT2D eigenvalue weighted by Gasteiger charge is 2.11. The Morgan fingerprint density at radius 2 is 1.81 bits per heavy atom. The second-order valence-corrected chi connectivity index (χ2v) is 5.93. The molecule has 0 atom stereocenters. The number of pyridine rings is 1. The van der Waals surface area contributed by atoms with Crippen LogP contribution in [-0.4, -0.2) is 21.9 Å². The van der Waals surface area contributed by atoms with Gasteiger partial charge in [-0.2, -0.15) is 0 Å². The zero-order chi connectivity index (χ0) is 18.6. The summed E-state index contributed by atoms with van der Waals surface area (Å²) in [5, 5.41) is 2.85. The molecule has 0 spiro atoms. The molecular weight excluding hydrogens is 345 g/mol. The van der Waals surface area contributed by atoms with Crippen molar-refractivity contribution in [1.29, 1.82) is 0 Å².